The van der Waals surface area contributed by atoms with Crippen molar-refractivity contribution >= 4 is 5.78 Å². The number of ketones is 1. The fourth-order valence-corrected chi connectivity index (χ4v) is 1.34. The minimum atomic E-state index is 0.177. The van der Waals surface area contributed by atoms with Gasteiger partial charge in [0.1, 0.15) is 5.78 Å². The van der Waals surface area contributed by atoms with Crippen molar-refractivity contribution in [3.63, 3.8) is 0 Å². The van der Waals surface area contributed by atoms with Gasteiger partial charge in [0.25, 0.3) is 0 Å². The number of hydrogen-bond donors (Lipinski definition) is 1. The average Bonchev–Trinajstić information content (AvgIpc) is 2.13. The van der Waals surface area contributed by atoms with Crippen LogP contribution in [0.2, 0.25) is 0 Å². The smallest absolute Gasteiger partial charge is 0.136 e. The lowest BCUT2D eigenvalue weighted by molar-refractivity contribution is -0.120. The maximum Gasteiger partial charge on any atom is 0.136 e. The Labute approximate surface area is 54.9 Å². The molecule has 52 valence electrons. The molecule has 0 spiro atoms. The van der Waals surface area contributed by atoms with E-state index in [-0.39, 0.29) is 18.4 Å². The molecule has 2 atom stereocenters. The van der Waals surface area contributed by atoms with Gasteiger partial charge in [0.05, 0.1) is 0 Å². The van der Waals surface area contributed by atoms with Crippen molar-refractivity contribution < 1.29 is 9.90 Å². The largest absolute Gasteiger partial charge is 0.396 e. The van der Waals surface area contributed by atoms with Crippen molar-refractivity contribution in [3.8, 4) is 0 Å². The fraction of sp³-hybridized carbons (Fsp3) is 0.857. The Hall–Kier alpha value is -0.370. The van der Waals surface area contributed by atoms with Crippen LogP contribution in [0.25, 0.3) is 0 Å². The second-order valence-electron chi connectivity index (χ2n) is 2.86. The van der Waals surface area contributed by atoms with E-state index in [4.69, 9.17) is 5.11 Å². The molecule has 0 aromatic heterocycles. The zero-order valence-electron chi connectivity index (χ0n) is 5.63. The normalized spacial score (nSPS) is 35.6. The molecule has 0 amide bonds. The summed E-state index contributed by atoms with van der Waals surface area (Å²) in [6.07, 6.45) is 1.48. The third-order valence-corrected chi connectivity index (χ3v) is 1.98. The fourth-order valence-electron chi connectivity index (χ4n) is 1.34. The first-order valence-electron chi connectivity index (χ1n) is 3.37. The van der Waals surface area contributed by atoms with Gasteiger partial charge in [-0.25, -0.2) is 0 Å². The highest BCUT2D eigenvalue weighted by Gasteiger charge is 2.27. The highest BCUT2D eigenvalue weighted by Crippen LogP contribution is 2.26. The standard InChI is InChI=1S/C7H12O2/c1-5-2-6(4-8)3-7(5)9/h5-6,8H,2-4H2,1H3. The predicted molar refractivity (Wildman–Crippen MR) is 34.0 cm³/mol. The van der Waals surface area contributed by atoms with Crippen molar-refractivity contribution in [2.75, 3.05) is 6.61 Å². The minimum absolute atomic E-state index is 0.177. The summed E-state index contributed by atoms with van der Waals surface area (Å²) >= 11 is 0. The van der Waals surface area contributed by atoms with Gasteiger partial charge in [-0.2, -0.15) is 0 Å². The Balaban J connectivity index is 2.44. The lowest BCUT2D eigenvalue weighted by Crippen LogP contribution is -1.99. The topological polar surface area (TPSA) is 37.3 Å². The minimum Gasteiger partial charge on any atom is -0.396 e. The summed E-state index contributed by atoms with van der Waals surface area (Å²) in [5, 5.41) is 8.65. The van der Waals surface area contributed by atoms with Crippen LogP contribution in [0.1, 0.15) is 19.8 Å². The molecular weight excluding hydrogens is 116 g/mol. The maximum atomic E-state index is 10.8. The van der Waals surface area contributed by atoms with Gasteiger partial charge < -0.3 is 5.11 Å². The molecule has 0 radical (unpaired) electrons. The Morgan fingerprint density at radius 1 is 1.78 bits per heavy atom. The highest BCUT2D eigenvalue weighted by molar-refractivity contribution is 5.82. The molecule has 9 heavy (non-hydrogen) atoms. The summed E-state index contributed by atoms with van der Waals surface area (Å²) < 4.78 is 0. The van der Waals surface area contributed by atoms with Gasteiger partial charge in [-0.1, -0.05) is 6.92 Å². The number of rotatable bonds is 1. The molecule has 0 heterocycles. The average molecular weight is 128 g/mol. The van der Waals surface area contributed by atoms with Gasteiger partial charge in [0.15, 0.2) is 0 Å². The third-order valence-electron chi connectivity index (χ3n) is 1.98. The van der Waals surface area contributed by atoms with Crippen molar-refractivity contribution in [1.29, 1.82) is 0 Å². The Kier molecular flexibility index (Phi) is 1.86. The van der Waals surface area contributed by atoms with Gasteiger partial charge in [-0.05, 0) is 12.3 Å². The van der Waals surface area contributed by atoms with Crippen LogP contribution in [0.4, 0.5) is 0 Å². The van der Waals surface area contributed by atoms with Crippen LogP contribution in [0.15, 0.2) is 0 Å². The Morgan fingerprint density at radius 2 is 2.44 bits per heavy atom. The quantitative estimate of drug-likeness (QED) is 0.561. The summed E-state index contributed by atoms with van der Waals surface area (Å²) in [7, 11) is 0. The molecule has 2 unspecified atom stereocenters. The van der Waals surface area contributed by atoms with Crippen LogP contribution in [0.3, 0.4) is 0 Å². The number of carbonyl (C=O) groups excluding carboxylic acids is 1. The first kappa shape index (κ1) is 6.75. The van der Waals surface area contributed by atoms with E-state index in [1.807, 2.05) is 6.92 Å². The molecule has 2 heteroatoms. The van der Waals surface area contributed by atoms with Crippen molar-refractivity contribution in [1.82, 2.24) is 0 Å². The summed E-state index contributed by atoms with van der Waals surface area (Å²) in [5.74, 6) is 0.767. The molecule has 0 aromatic rings. The third kappa shape index (κ3) is 1.30. The first-order chi connectivity index (χ1) is 4.24. The molecule has 1 saturated carbocycles. The van der Waals surface area contributed by atoms with E-state index in [2.05, 4.69) is 0 Å². The van der Waals surface area contributed by atoms with Crippen molar-refractivity contribution in [2.24, 2.45) is 11.8 Å². The van der Waals surface area contributed by atoms with E-state index < -0.39 is 0 Å². The summed E-state index contributed by atoms with van der Waals surface area (Å²) in [5.41, 5.74) is 0. The molecule has 0 saturated heterocycles. The molecular formula is C7H12O2. The molecule has 0 aliphatic heterocycles. The molecule has 1 rings (SSSR count). The van der Waals surface area contributed by atoms with Crippen LogP contribution in [-0.4, -0.2) is 17.5 Å². The monoisotopic (exact) mass is 128 g/mol. The van der Waals surface area contributed by atoms with Gasteiger partial charge in [0.2, 0.25) is 0 Å². The highest BCUT2D eigenvalue weighted by atomic mass is 16.3. The number of aliphatic hydroxyl groups excluding tert-OH is 1. The zero-order chi connectivity index (χ0) is 6.85. The lowest BCUT2D eigenvalue weighted by atomic mass is 10.1. The van der Waals surface area contributed by atoms with Gasteiger partial charge in [0, 0.05) is 18.9 Å². The number of aliphatic hydroxyl groups is 1. The van der Waals surface area contributed by atoms with Gasteiger partial charge in [-0.15, -0.1) is 0 Å². The van der Waals surface area contributed by atoms with E-state index in [0.717, 1.165) is 6.42 Å². The number of carbonyl (C=O) groups is 1. The predicted octanol–water partition coefficient (Wildman–Crippen LogP) is 0.594. The van der Waals surface area contributed by atoms with E-state index >= 15 is 0 Å². The summed E-state index contributed by atoms with van der Waals surface area (Å²) in [4.78, 5) is 10.8. The van der Waals surface area contributed by atoms with Crippen LogP contribution >= 0.6 is 0 Å². The van der Waals surface area contributed by atoms with Crippen LogP contribution < -0.4 is 0 Å². The molecule has 1 fully saturated rings. The second kappa shape index (κ2) is 2.48. The van der Waals surface area contributed by atoms with Crippen LogP contribution in [0.5, 0.6) is 0 Å². The van der Waals surface area contributed by atoms with Gasteiger partial charge >= 0.3 is 0 Å². The van der Waals surface area contributed by atoms with E-state index in [0.29, 0.717) is 12.2 Å². The zero-order valence-corrected chi connectivity index (χ0v) is 5.63. The molecule has 1 N–H and O–H groups in total. The molecule has 0 aromatic carbocycles. The lowest BCUT2D eigenvalue weighted by Gasteiger charge is -1.99. The molecule has 2 nitrogen and oxygen atoms in total. The molecule has 1 aliphatic carbocycles. The maximum absolute atomic E-state index is 10.8. The Morgan fingerprint density at radius 3 is 2.67 bits per heavy atom. The SMILES string of the molecule is CC1CC(CO)CC1=O. The number of Topliss-reactive ketones (excluding diaryl/α,β-unsaturated/α-hetero) is 1. The number of hydrogen-bond acceptors (Lipinski definition) is 2. The second-order valence-corrected chi connectivity index (χ2v) is 2.86. The van der Waals surface area contributed by atoms with Crippen molar-refractivity contribution in [3.05, 3.63) is 0 Å². The van der Waals surface area contributed by atoms with E-state index in [1.54, 1.807) is 0 Å². The summed E-state index contributed by atoms with van der Waals surface area (Å²) in [6.45, 7) is 2.11. The molecule has 1 aliphatic rings. The van der Waals surface area contributed by atoms with Gasteiger partial charge in [-0.3, -0.25) is 4.79 Å². The van der Waals surface area contributed by atoms with E-state index in [9.17, 15) is 4.79 Å². The Bertz CT molecular complexity index is 120. The van der Waals surface area contributed by atoms with Crippen LogP contribution in [0, 0.1) is 11.8 Å². The summed E-state index contributed by atoms with van der Waals surface area (Å²) in [6, 6.07) is 0. The van der Waals surface area contributed by atoms with E-state index in [1.165, 1.54) is 0 Å². The van der Waals surface area contributed by atoms with Crippen molar-refractivity contribution in [2.45, 2.75) is 19.8 Å². The molecule has 0 bridgehead atoms. The first-order valence-corrected chi connectivity index (χ1v) is 3.37. The van der Waals surface area contributed by atoms with Crippen LogP contribution in [-0.2, 0) is 4.79 Å².